The Kier molecular flexibility index (Phi) is 9.74. The Morgan fingerprint density at radius 3 is 2.37 bits per heavy atom. The number of rotatable bonds is 8. The summed E-state index contributed by atoms with van der Waals surface area (Å²) in [6, 6.07) is 6.08. The van der Waals surface area contributed by atoms with Gasteiger partial charge in [-0.3, -0.25) is 0 Å². The fourth-order valence-corrected chi connectivity index (χ4v) is 12.3. The van der Waals surface area contributed by atoms with E-state index in [0.717, 1.165) is 65.5 Å². The molecule has 1 aliphatic heterocycles. The molecule has 0 bridgehead atoms. The summed E-state index contributed by atoms with van der Waals surface area (Å²) in [7, 11) is -0.292. The van der Waals surface area contributed by atoms with Crippen LogP contribution in [0.25, 0.3) is 17.0 Å². The van der Waals surface area contributed by atoms with Gasteiger partial charge in [-0.15, -0.1) is 5.54 Å². The fraction of sp³-hybridized carbons (Fsp3) is 0.611. The zero-order valence-electron chi connectivity index (χ0n) is 29.4. The predicted molar refractivity (Wildman–Crippen MR) is 187 cm³/mol. The zero-order chi connectivity index (χ0) is 33.4. The number of hydrogen-bond donors (Lipinski definition) is 1. The van der Waals surface area contributed by atoms with Gasteiger partial charge in [-0.05, 0) is 75.2 Å². The molecule has 248 valence electrons. The van der Waals surface area contributed by atoms with E-state index in [-0.39, 0.29) is 12.1 Å². The van der Waals surface area contributed by atoms with Gasteiger partial charge in [0.15, 0.2) is 5.65 Å². The number of amides is 1. The molecule has 3 aromatic rings. The highest BCUT2D eigenvalue weighted by molar-refractivity contribution is 6.90. The predicted octanol–water partition coefficient (Wildman–Crippen LogP) is 8.06. The lowest BCUT2D eigenvalue weighted by molar-refractivity contribution is 0.0206. The topological polar surface area (TPSA) is 93.9 Å². The molecule has 0 aromatic carbocycles. The van der Waals surface area contributed by atoms with E-state index < -0.39 is 13.7 Å². The third-order valence-corrected chi connectivity index (χ3v) is 15.8. The first kappa shape index (κ1) is 33.8. The van der Waals surface area contributed by atoms with Crippen molar-refractivity contribution in [3.63, 3.8) is 0 Å². The summed E-state index contributed by atoms with van der Waals surface area (Å²) < 4.78 is 13.2. The first-order valence-electron chi connectivity index (χ1n) is 16.9. The summed E-state index contributed by atoms with van der Waals surface area (Å²) in [6.07, 6.45) is 5.59. The molecule has 46 heavy (non-hydrogen) atoms. The smallest absolute Gasteiger partial charge is 0.410 e. The minimum absolute atomic E-state index is 0.0120. The lowest BCUT2D eigenvalue weighted by Crippen LogP contribution is -2.47. The minimum atomic E-state index is -1.98. The lowest BCUT2D eigenvalue weighted by Gasteiger charge is -2.38. The molecule has 2 fully saturated rings. The van der Waals surface area contributed by atoms with Crippen molar-refractivity contribution in [3.8, 4) is 28.6 Å². The van der Waals surface area contributed by atoms with E-state index in [0.29, 0.717) is 35.6 Å². The number of anilines is 1. The number of nitrogens with zero attached hydrogens (tertiary/aromatic N) is 5. The number of ether oxygens (including phenoxy) is 2. The first-order chi connectivity index (χ1) is 21.7. The molecule has 9 nitrogen and oxygen atoms in total. The standard InChI is InChI=1S/C36H52N6O3Si/c1-23(2)46(24(3)4,25(5)6)19-17-27-15-16-29(30-21-37-32-20-31(44-10)33(26-13-14-26)40-42(30)32)39-34(27)38-28-12-11-18-41(22-28)35(43)45-36(7,8)9/h15-16,20-21,23-26,28H,11-14,18,22H2,1-10H3,(H,38,39)/t28-/m1/s1. The van der Waals surface area contributed by atoms with Gasteiger partial charge in [-0.2, -0.15) is 5.10 Å². The molecular formula is C36H52N6O3Si. The number of fused-ring (bicyclic) bond motifs is 1. The number of hydrogen-bond acceptors (Lipinski definition) is 7. The Hall–Kier alpha value is -3.58. The number of pyridine rings is 1. The van der Waals surface area contributed by atoms with Crippen LogP contribution >= 0.6 is 0 Å². The Morgan fingerprint density at radius 1 is 1.07 bits per heavy atom. The second-order valence-corrected chi connectivity index (χ2v) is 20.5. The van der Waals surface area contributed by atoms with Crippen molar-refractivity contribution >= 4 is 25.6 Å². The second-order valence-electron chi connectivity index (χ2n) is 14.9. The SMILES string of the molecule is COc1cc2ncc(-c3ccc(C#C[Si](C(C)C)(C(C)C)C(C)C)c(N[C@@H]4CCCN(C(=O)OC(C)(C)C)C4)n3)n2nc1C1CC1. The Balaban J connectivity index is 1.55. The Morgan fingerprint density at radius 2 is 1.76 bits per heavy atom. The van der Waals surface area contributed by atoms with Gasteiger partial charge in [0.25, 0.3) is 0 Å². The van der Waals surface area contributed by atoms with Crippen molar-refractivity contribution in [2.24, 2.45) is 0 Å². The molecule has 1 amide bonds. The largest absolute Gasteiger partial charge is 0.495 e. The normalized spacial score (nSPS) is 17.4. The molecule has 1 saturated heterocycles. The van der Waals surface area contributed by atoms with E-state index in [1.54, 1.807) is 12.0 Å². The number of imidazole rings is 1. The third-order valence-electron chi connectivity index (χ3n) is 9.52. The summed E-state index contributed by atoms with van der Waals surface area (Å²) in [5.41, 5.74) is 9.04. The molecule has 0 spiro atoms. The molecule has 10 heteroatoms. The molecule has 3 aromatic heterocycles. The fourth-order valence-electron chi connectivity index (χ4n) is 7.09. The van der Waals surface area contributed by atoms with Gasteiger partial charge in [-0.25, -0.2) is 19.3 Å². The number of likely N-dealkylation sites (tertiary alicyclic amines) is 1. The molecule has 4 heterocycles. The number of carbonyl (C=O) groups excluding carboxylic acids is 1. The average Bonchev–Trinajstić information content (AvgIpc) is 3.75. The van der Waals surface area contributed by atoms with Crippen LogP contribution in [-0.4, -0.2) is 70.5 Å². The van der Waals surface area contributed by atoms with Crippen LogP contribution in [0.5, 0.6) is 5.75 Å². The molecule has 5 rings (SSSR count). The van der Waals surface area contributed by atoms with Crippen LogP contribution in [0, 0.1) is 11.5 Å². The van der Waals surface area contributed by atoms with Crippen molar-refractivity contribution in [3.05, 3.63) is 35.7 Å². The molecular weight excluding hydrogens is 593 g/mol. The summed E-state index contributed by atoms with van der Waals surface area (Å²) >= 11 is 0. The van der Waals surface area contributed by atoms with E-state index in [1.807, 2.05) is 43.6 Å². The molecule has 1 N–H and O–H groups in total. The Labute approximate surface area is 275 Å². The maximum atomic E-state index is 13.0. The van der Waals surface area contributed by atoms with E-state index in [2.05, 4.69) is 69.4 Å². The molecule has 1 aliphatic carbocycles. The zero-order valence-corrected chi connectivity index (χ0v) is 30.4. The van der Waals surface area contributed by atoms with Crippen LogP contribution in [-0.2, 0) is 4.74 Å². The quantitative estimate of drug-likeness (QED) is 0.196. The number of piperidine rings is 1. The monoisotopic (exact) mass is 644 g/mol. The van der Waals surface area contributed by atoms with E-state index in [9.17, 15) is 4.79 Å². The molecule has 1 atom stereocenters. The number of carbonyl (C=O) groups is 1. The maximum absolute atomic E-state index is 13.0. The highest BCUT2D eigenvalue weighted by Crippen LogP contribution is 2.44. The summed E-state index contributed by atoms with van der Waals surface area (Å²) in [5, 5.41) is 8.70. The van der Waals surface area contributed by atoms with Crippen LogP contribution in [0.4, 0.5) is 10.6 Å². The van der Waals surface area contributed by atoms with Crippen molar-refractivity contribution in [1.82, 2.24) is 24.5 Å². The van der Waals surface area contributed by atoms with Gasteiger partial charge < -0.3 is 19.7 Å². The van der Waals surface area contributed by atoms with Gasteiger partial charge in [0, 0.05) is 31.1 Å². The van der Waals surface area contributed by atoms with Crippen molar-refractivity contribution in [2.75, 3.05) is 25.5 Å². The third kappa shape index (κ3) is 7.04. The van der Waals surface area contributed by atoms with E-state index in [4.69, 9.17) is 19.6 Å². The molecule has 2 aliphatic rings. The minimum Gasteiger partial charge on any atom is -0.495 e. The van der Waals surface area contributed by atoms with E-state index in [1.165, 1.54) is 0 Å². The van der Waals surface area contributed by atoms with Gasteiger partial charge in [0.1, 0.15) is 36.6 Å². The second kappa shape index (κ2) is 13.3. The van der Waals surface area contributed by atoms with Crippen molar-refractivity contribution < 1.29 is 14.3 Å². The molecule has 0 radical (unpaired) electrons. The molecule has 1 saturated carbocycles. The summed E-state index contributed by atoms with van der Waals surface area (Å²) in [6.45, 7) is 20.9. The van der Waals surface area contributed by atoms with Crippen LogP contribution < -0.4 is 10.1 Å². The highest BCUT2D eigenvalue weighted by Gasteiger charge is 2.42. The van der Waals surface area contributed by atoms with Crippen LogP contribution in [0.3, 0.4) is 0 Å². The Bertz CT molecular complexity index is 1600. The van der Waals surface area contributed by atoms with Crippen molar-refractivity contribution in [1.29, 1.82) is 0 Å². The van der Waals surface area contributed by atoms with Crippen LogP contribution in [0.1, 0.15) is 105 Å². The van der Waals surface area contributed by atoms with Crippen molar-refractivity contribution in [2.45, 2.75) is 122 Å². The van der Waals surface area contributed by atoms with Crippen LogP contribution in [0.2, 0.25) is 16.6 Å². The first-order valence-corrected chi connectivity index (χ1v) is 19.2. The van der Waals surface area contributed by atoms with Gasteiger partial charge >= 0.3 is 6.09 Å². The lowest BCUT2D eigenvalue weighted by atomic mass is 10.1. The van der Waals surface area contributed by atoms with Gasteiger partial charge in [-0.1, -0.05) is 47.5 Å². The number of methoxy groups -OCH3 is 1. The van der Waals surface area contributed by atoms with Gasteiger partial charge in [0.05, 0.1) is 24.6 Å². The molecule has 0 unspecified atom stereocenters. The summed E-state index contributed by atoms with van der Waals surface area (Å²) in [5.74, 6) is 5.57. The highest BCUT2D eigenvalue weighted by atomic mass is 28.3. The maximum Gasteiger partial charge on any atom is 0.410 e. The van der Waals surface area contributed by atoms with E-state index >= 15 is 0 Å². The average molecular weight is 645 g/mol. The van der Waals surface area contributed by atoms with Crippen LogP contribution in [0.15, 0.2) is 24.4 Å². The number of nitrogens with one attached hydrogen (secondary N) is 1. The van der Waals surface area contributed by atoms with Gasteiger partial charge in [0.2, 0.25) is 0 Å². The number of aromatic nitrogens is 4. The summed E-state index contributed by atoms with van der Waals surface area (Å²) in [4.78, 5) is 24.6.